The largest absolute Gasteiger partial charge is 0.479 e. The van der Waals surface area contributed by atoms with Crippen molar-refractivity contribution in [3.63, 3.8) is 0 Å². The average Bonchev–Trinajstić information content (AvgIpc) is 3.35. The molecule has 0 bridgehead atoms. The molecule has 1 heterocycles. The van der Waals surface area contributed by atoms with Crippen LogP contribution in [0.2, 0.25) is 5.02 Å². The third-order valence-corrected chi connectivity index (χ3v) is 4.96. The van der Waals surface area contributed by atoms with Gasteiger partial charge in [0.05, 0.1) is 5.02 Å². The van der Waals surface area contributed by atoms with Crippen LogP contribution in [-0.2, 0) is 4.79 Å². The first-order valence-electron chi connectivity index (χ1n) is 8.50. The molecule has 1 amide bonds. The molecule has 4 nitrogen and oxygen atoms in total. The highest BCUT2D eigenvalue weighted by Gasteiger charge is 2.32. The van der Waals surface area contributed by atoms with Gasteiger partial charge in [-0.1, -0.05) is 17.7 Å². The molecule has 1 atom stereocenters. The predicted octanol–water partition coefficient (Wildman–Crippen LogP) is 3.11. The van der Waals surface area contributed by atoms with Crippen molar-refractivity contribution in [2.45, 2.75) is 45.3 Å². The van der Waals surface area contributed by atoms with Crippen LogP contribution in [0.3, 0.4) is 0 Å². The average molecular weight is 337 g/mol. The fraction of sp³-hybridized carbons (Fsp3) is 0.611. The Morgan fingerprint density at radius 3 is 2.78 bits per heavy atom. The molecule has 0 radical (unpaired) electrons. The molecule has 1 aliphatic heterocycles. The Kier molecular flexibility index (Phi) is 5.12. The Labute approximate surface area is 143 Å². The molecular weight excluding hydrogens is 312 g/mol. The molecule has 0 spiro atoms. The number of carbonyl (C=O) groups is 1. The quantitative estimate of drug-likeness (QED) is 0.847. The topological polar surface area (TPSA) is 32.8 Å². The van der Waals surface area contributed by atoms with Crippen LogP contribution in [0.5, 0.6) is 5.75 Å². The van der Waals surface area contributed by atoms with Crippen LogP contribution in [0.1, 0.15) is 31.7 Å². The second kappa shape index (κ2) is 7.10. The molecule has 3 rings (SSSR count). The first-order chi connectivity index (χ1) is 11.0. The minimum absolute atomic E-state index is 0.0558. The van der Waals surface area contributed by atoms with Crippen LogP contribution in [0.4, 0.5) is 0 Å². The number of amides is 1. The van der Waals surface area contributed by atoms with Crippen LogP contribution in [0, 0.1) is 6.92 Å². The second-order valence-corrected chi connectivity index (χ2v) is 7.05. The van der Waals surface area contributed by atoms with E-state index >= 15 is 0 Å². The molecular formula is C18H25ClN2O2. The maximum atomic E-state index is 12.7. The van der Waals surface area contributed by atoms with Crippen molar-refractivity contribution in [2.24, 2.45) is 0 Å². The molecule has 0 N–H and O–H groups in total. The second-order valence-electron chi connectivity index (χ2n) is 6.64. The number of hydrogen-bond donors (Lipinski definition) is 0. The summed E-state index contributed by atoms with van der Waals surface area (Å²) >= 11 is 6.16. The lowest BCUT2D eigenvalue weighted by Crippen LogP contribution is -2.42. The highest BCUT2D eigenvalue weighted by atomic mass is 35.5. The number of rotatable bonds is 4. The van der Waals surface area contributed by atoms with E-state index in [1.807, 2.05) is 36.9 Å². The minimum atomic E-state index is -0.512. The molecule has 1 aromatic rings. The highest BCUT2D eigenvalue weighted by Crippen LogP contribution is 2.28. The van der Waals surface area contributed by atoms with Crippen molar-refractivity contribution < 1.29 is 9.53 Å². The van der Waals surface area contributed by atoms with Crippen molar-refractivity contribution in [1.82, 2.24) is 9.80 Å². The van der Waals surface area contributed by atoms with Gasteiger partial charge in [0.25, 0.3) is 5.91 Å². The van der Waals surface area contributed by atoms with Gasteiger partial charge in [-0.3, -0.25) is 9.69 Å². The summed E-state index contributed by atoms with van der Waals surface area (Å²) in [5, 5.41) is 0.547. The lowest BCUT2D eigenvalue weighted by Gasteiger charge is -2.25. The summed E-state index contributed by atoms with van der Waals surface area (Å²) < 4.78 is 5.83. The van der Waals surface area contributed by atoms with Gasteiger partial charge in [0.2, 0.25) is 0 Å². The molecule has 1 saturated carbocycles. The Morgan fingerprint density at radius 2 is 2.04 bits per heavy atom. The van der Waals surface area contributed by atoms with Gasteiger partial charge in [0, 0.05) is 32.2 Å². The van der Waals surface area contributed by atoms with Crippen molar-refractivity contribution in [1.29, 1.82) is 0 Å². The van der Waals surface area contributed by atoms with Crippen molar-refractivity contribution in [3.8, 4) is 5.75 Å². The standard InChI is InChI=1S/C18H25ClN2O2/c1-13-4-7-16(19)17(12-13)23-14(2)18(22)21-9-3-8-20(10-11-21)15-5-6-15/h4,7,12,14-15H,3,5-6,8-11H2,1-2H3/t14-/m0/s1. The van der Waals surface area contributed by atoms with Crippen molar-refractivity contribution >= 4 is 17.5 Å². The van der Waals surface area contributed by atoms with E-state index in [0.717, 1.165) is 44.2 Å². The normalized spacial score (nSPS) is 20.9. The minimum Gasteiger partial charge on any atom is -0.479 e. The Bertz CT molecular complexity index is 574. The summed E-state index contributed by atoms with van der Waals surface area (Å²) in [4.78, 5) is 17.1. The van der Waals surface area contributed by atoms with E-state index in [9.17, 15) is 4.79 Å². The van der Waals surface area contributed by atoms with E-state index in [0.29, 0.717) is 10.8 Å². The van der Waals surface area contributed by atoms with Gasteiger partial charge < -0.3 is 9.64 Å². The maximum absolute atomic E-state index is 12.7. The van der Waals surface area contributed by atoms with Gasteiger partial charge >= 0.3 is 0 Å². The maximum Gasteiger partial charge on any atom is 0.263 e. The number of hydrogen-bond acceptors (Lipinski definition) is 3. The lowest BCUT2D eigenvalue weighted by molar-refractivity contribution is -0.137. The van der Waals surface area contributed by atoms with E-state index in [2.05, 4.69) is 4.90 Å². The monoisotopic (exact) mass is 336 g/mol. The number of nitrogens with zero attached hydrogens (tertiary/aromatic N) is 2. The summed E-state index contributed by atoms with van der Waals surface area (Å²) in [6, 6.07) is 6.39. The van der Waals surface area contributed by atoms with Crippen LogP contribution in [0.25, 0.3) is 0 Å². The van der Waals surface area contributed by atoms with E-state index in [1.165, 1.54) is 12.8 Å². The molecule has 2 fully saturated rings. The smallest absolute Gasteiger partial charge is 0.263 e. The lowest BCUT2D eigenvalue weighted by atomic mass is 10.2. The number of ether oxygens (including phenoxy) is 1. The van der Waals surface area contributed by atoms with Gasteiger partial charge in [-0.15, -0.1) is 0 Å². The molecule has 1 aromatic carbocycles. The zero-order chi connectivity index (χ0) is 16.4. The van der Waals surface area contributed by atoms with E-state index in [4.69, 9.17) is 16.3 Å². The van der Waals surface area contributed by atoms with Gasteiger partial charge in [-0.2, -0.15) is 0 Å². The van der Waals surface area contributed by atoms with Crippen molar-refractivity contribution in [3.05, 3.63) is 28.8 Å². The number of carbonyl (C=O) groups excluding carboxylic acids is 1. The summed E-state index contributed by atoms with van der Waals surface area (Å²) in [7, 11) is 0. The number of benzene rings is 1. The van der Waals surface area contributed by atoms with Gasteiger partial charge in [0.1, 0.15) is 5.75 Å². The molecule has 5 heteroatoms. The molecule has 1 aliphatic carbocycles. The summed E-state index contributed by atoms with van der Waals surface area (Å²) in [5.74, 6) is 0.641. The first kappa shape index (κ1) is 16.6. The molecule has 1 saturated heterocycles. The first-order valence-corrected chi connectivity index (χ1v) is 8.88. The van der Waals surface area contributed by atoms with E-state index in [-0.39, 0.29) is 5.91 Å². The fourth-order valence-electron chi connectivity index (χ4n) is 3.16. The summed E-state index contributed by atoms with van der Waals surface area (Å²) in [5.41, 5.74) is 1.07. The summed E-state index contributed by atoms with van der Waals surface area (Å²) in [6.45, 7) is 7.49. The van der Waals surface area contributed by atoms with Crippen LogP contribution in [0.15, 0.2) is 18.2 Å². The molecule has 2 aliphatic rings. The van der Waals surface area contributed by atoms with E-state index < -0.39 is 6.10 Å². The fourth-order valence-corrected chi connectivity index (χ4v) is 3.32. The zero-order valence-electron chi connectivity index (χ0n) is 13.9. The third kappa shape index (κ3) is 4.18. The van der Waals surface area contributed by atoms with Gasteiger partial charge in [0.15, 0.2) is 6.10 Å². The molecule has 126 valence electrons. The molecule has 23 heavy (non-hydrogen) atoms. The zero-order valence-corrected chi connectivity index (χ0v) is 14.7. The molecule has 0 aromatic heterocycles. The predicted molar refractivity (Wildman–Crippen MR) is 92.1 cm³/mol. The highest BCUT2D eigenvalue weighted by molar-refractivity contribution is 6.32. The number of halogens is 1. The third-order valence-electron chi connectivity index (χ3n) is 4.64. The number of aryl methyl sites for hydroxylation is 1. The Hall–Kier alpha value is -1.26. The Morgan fingerprint density at radius 1 is 1.26 bits per heavy atom. The van der Waals surface area contributed by atoms with E-state index in [1.54, 1.807) is 0 Å². The van der Waals surface area contributed by atoms with Gasteiger partial charge in [-0.05, 0) is 50.8 Å². The Balaban J connectivity index is 1.59. The molecule has 0 unspecified atom stereocenters. The van der Waals surface area contributed by atoms with Crippen LogP contribution >= 0.6 is 11.6 Å². The SMILES string of the molecule is Cc1ccc(Cl)c(O[C@@H](C)C(=O)N2CCCN(C3CC3)CC2)c1. The van der Waals surface area contributed by atoms with Crippen molar-refractivity contribution in [2.75, 3.05) is 26.2 Å². The van der Waals surface area contributed by atoms with Crippen LogP contribution < -0.4 is 4.74 Å². The van der Waals surface area contributed by atoms with Gasteiger partial charge in [-0.25, -0.2) is 0 Å². The van der Waals surface area contributed by atoms with Crippen LogP contribution in [-0.4, -0.2) is 54.0 Å². The summed E-state index contributed by atoms with van der Waals surface area (Å²) in [6.07, 6.45) is 3.17.